The van der Waals surface area contributed by atoms with Crippen molar-refractivity contribution in [3.8, 4) is 0 Å². The second kappa shape index (κ2) is 60.5. The van der Waals surface area contributed by atoms with Crippen LogP contribution in [0.4, 0.5) is 0 Å². The summed E-state index contributed by atoms with van der Waals surface area (Å²) < 4.78 is 19.3. The van der Waals surface area contributed by atoms with Gasteiger partial charge in [0.05, 0.1) is 6.61 Å². The van der Waals surface area contributed by atoms with E-state index in [4.69, 9.17) is 23.8 Å². The molecule has 0 aliphatic carbocycles. The van der Waals surface area contributed by atoms with E-state index in [1.807, 2.05) is 12.2 Å². The number of hydrogen-bond acceptors (Lipinski definition) is 8. The monoisotopic (exact) mass is 1400 g/mol. The van der Waals surface area contributed by atoms with Crippen molar-refractivity contribution in [3.63, 3.8) is 0 Å². The zero-order chi connectivity index (χ0) is 70.8. The number of carbonyl (C=O) groups excluding carboxylic acids is 3. The van der Waals surface area contributed by atoms with Gasteiger partial charge in [-0.05, 0) is 108 Å². The standard InChI is InChI=1S/C43H68O4Si.C34H52O4Si.C9H18O.2CH4/c1-5-6-7-8-12-17-28-37-46-42(45)36-27-16-10-9-14-21-30-39(44)31-22-15-11-13-18-29-38-47-48(43(2,3)4,40-32-23-19-24-33-40)41-34-25-20-26-35-41;1-34(2,3)39(31-24-16-12-17-25-31,32-26-18-13-19-27-32)38-29-21-11-7-6-9-15-23-30(35)22-14-8-4-5-10-20-28-33(36)37;1-2-3-4-5-6-7-8-9-10;;/h17,19-20,23-26,28,32-35H,5-16,18,21-22,27,29-31,36-38H2,1-4H3;12-13,16-19,24-27H,4-11,14-15,20-23,28-29H2,1-3H3,(H,36,37);7-8,10H,2-6,9H2,1H3;2*1H4/b28-17-;;8-7-;;. The van der Waals surface area contributed by atoms with Crippen LogP contribution >= 0.6 is 0 Å². The van der Waals surface area contributed by atoms with Gasteiger partial charge in [0, 0.05) is 51.7 Å². The Morgan fingerprint density at radius 1 is 0.354 bits per heavy atom. The molecular weight excluding hydrogens is 1260 g/mol. The Hall–Kier alpha value is -5.05. The lowest BCUT2D eigenvalue weighted by Crippen LogP contribution is -2.66. The van der Waals surface area contributed by atoms with Crippen molar-refractivity contribution in [1.29, 1.82) is 0 Å². The van der Waals surface area contributed by atoms with Gasteiger partial charge in [-0.1, -0.05) is 357 Å². The Labute approximate surface area is 609 Å². The fraction of sp³-hybridized carbons (Fsp3) is 0.636. The number of aliphatic hydroxyl groups excluding tert-OH is 1. The summed E-state index contributed by atoms with van der Waals surface area (Å²) in [6.07, 6.45) is 49.9. The lowest BCUT2D eigenvalue weighted by Gasteiger charge is -2.43. The molecule has 9 nitrogen and oxygen atoms in total. The minimum absolute atomic E-state index is 0. The van der Waals surface area contributed by atoms with E-state index in [2.05, 4.69) is 189 Å². The first-order chi connectivity index (χ1) is 47.0. The third kappa shape index (κ3) is 42.9. The number of carbonyl (C=O) groups is 4. The molecule has 0 bridgehead atoms. The lowest BCUT2D eigenvalue weighted by atomic mass is 10.0. The number of unbranched alkanes of at least 4 members (excludes halogenated alkanes) is 28. The van der Waals surface area contributed by atoms with Crippen LogP contribution in [0.25, 0.3) is 0 Å². The smallest absolute Gasteiger partial charge is 0.306 e. The largest absolute Gasteiger partial charge is 0.481 e. The average Bonchev–Trinajstić information content (AvgIpc) is 0.760. The molecule has 4 aromatic carbocycles. The van der Waals surface area contributed by atoms with Crippen molar-refractivity contribution < 1.29 is 43.0 Å². The molecule has 4 aromatic rings. The van der Waals surface area contributed by atoms with Gasteiger partial charge in [-0.25, -0.2) is 0 Å². The molecule has 0 fully saturated rings. The Morgan fingerprint density at radius 2 is 0.626 bits per heavy atom. The molecule has 0 radical (unpaired) electrons. The van der Waals surface area contributed by atoms with E-state index in [9.17, 15) is 19.2 Å². The fourth-order valence-corrected chi connectivity index (χ4v) is 22.3. The summed E-state index contributed by atoms with van der Waals surface area (Å²) in [7, 11) is -4.87. The van der Waals surface area contributed by atoms with Crippen LogP contribution in [0.2, 0.25) is 10.1 Å². The first kappa shape index (κ1) is 94.0. The van der Waals surface area contributed by atoms with Gasteiger partial charge in [-0.2, -0.15) is 0 Å². The lowest BCUT2D eigenvalue weighted by molar-refractivity contribution is -0.142. The van der Waals surface area contributed by atoms with Crippen LogP contribution in [0.3, 0.4) is 0 Å². The highest BCUT2D eigenvalue weighted by Gasteiger charge is 2.51. The predicted octanol–water partition coefficient (Wildman–Crippen LogP) is 22.9. The highest BCUT2D eigenvalue weighted by molar-refractivity contribution is 7.00. The van der Waals surface area contributed by atoms with E-state index >= 15 is 0 Å². The molecule has 0 spiro atoms. The maximum absolute atomic E-state index is 12.4. The fourth-order valence-electron chi connectivity index (χ4n) is 13.1. The van der Waals surface area contributed by atoms with Gasteiger partial charge in [0.2, 0.25) is 0 Å². The topological polar surface area (TPSA) is 136 Å². The van der Waals surface area contributed by atoms with Crippen LogP contribution in [-0.2, 0) is 32.8 Å². The number of carboxylic acids is 1. The number of esters is 1. The number of benzene rings is 4. The van der Waals surface area contributed by atoms with Crippen molar-refractivity contribution in [3.05, 3.63) is 146 Å². The predicted molar refractivity (Wildman–Crippen MR) is 431 cm³/mol. The molecule has 0 amide bonds. The summed E-state index contributed by atoms with van der Waals surface area (Å²) >= 11 is 0. The highest BCUT2D eigenvalue weighted by atomic mass is 28.4. The number of ketones is 2. The molecule has 0 aromatic heterocycles. The van der Waals surface area contributed by atoms with Crippen molar-refractivity contribution >= 4 is 60.9 Å². The number of allylic oxidation sites excluding steroid dienone is 2. The van der Waals surface area contributed by atoms with Gasteiger partial charge in [-0.3, -0.25) is 19.2 Å². The molecule has 99 heavy (non-hydrogen) atoms. The summed E-state index contributed by atoms with van der Waals surface area (Å²) in [4.78, 5) is 46.9. The number of aliphatic hydroxyl groups is 1. The Kier molecular flexibility index (Phi) is 57.4. The maximum atomic E-state index is 12.4. The third-order valence-electron chi connectivity index (χ3n) is 18.6. The first-order valence-corrected chi connectivity index (χ1v) is 42.6. The molecule has 0 atom stereocenters. The molecule has 0 aliphatic heterocycles. The first-order valence-electron chi connectivity index (χ1n) is 38.8. The molecule has 2 N–H and O–H groups in total. The van der Waals surface area contributed by atoms with E-state index in [0.717, 1.165) is 161 Å². The number of ether oxygens (including phenoxy) is 1. The summed E-state index contributed by atoms with van der Waals surface area (Å²) in [5.41, 5.74) is 0. The minimum atomic E-state index is -2.44. The van der Waals surface area contributed by atoms with Crippen molar-refractivity contribution in [2.75, 3.05) is 26.4 Å². The number of aliphatic carboxylic acids is 1. The van der Waals surface area contributed by atoms with Crippen LogP contribution in [0.1, 0.15) is 327 Å². The van der Waals surface area contributed by atoms with Gasteiger partial charge < -0.3 is 23.8 Å². The van der Waals surface area contributed by atoms with Crippen molar-refractivity contribution in [1.82, 2.24) is 0 Å². The molecule has 0 saturated heterocycles. The SMILES string of the molecule is C.C.CC(C)(C)[Si](OCCCCCCCCC(=O)CCCCCCCCC(=O)O)(c1ccccc1)c1ccccc1.CCCCCC/C=C\CO.CCCCCC/C=C\COC(=O)CCCCCCCCC(=O)CCCCCCCCO[Si](c1ccccc1)(c1ccccc1)C(C)(C)C. The molecule has 0 aliphatic rings. The Morgan fingerprint density at radius 3 is 0.919 bits per heavy atom. The number of hydrogen-bond donors (Lipinski definition) is 2. The van der Waals surface area contributed by atoms with Crippen LogP contribution in [0.15, 0.2) is 146 Å². The molecule has 560 valence electrons. The van der Waals surface area contributed by atoms with E-state index in [1.54, 1.807) is 0 Å². The highest BCUT2D eigenvalue weighted by Crippen LogP contribution is 2.38. The quantitative estimate of drug-likeness (QED) is 0.0192. The van der Waals surface area contributed by atoms with Crippen molar-refractivity contribution in [2.24, 2.45) is 0 Å². The molecule has 11 heteroatoms. The average molecular weight is 1400 g/mol. The van der Waals surface area contributed by atoms with Gasteiger partial charge in [0.1, 0.15) is 18.2 Å². The Balaban J connectivity index is 0.00000169. The number of rotatable bonds is 55. The van der Waals surface area contributed by atoms with Crippen molar-refractivity contribution in [2.45, 2.75) is 337 Å². The molecule has 0 unspecified atom stereocenters. The molecule has 0 heterocycles. The summed E-state index contributed by atoms with van der Waals surface area (Å²) in [6.45, 7) is 20.6. The second-order valence-corrected chi connectivity index (χ2v) is 37.6. The molecule has 0 saturated carbocycles. The van der Waals surface area contributed by atoms with Gasteiger partial charge in [0.25, 0.3) is 16.6 Å². The van der Waals surface area contributed by atoms with E-state index < -0.39 is 22.6 Å². The second-order valence-electron chi connectivity index (χ2n) is 29.0. The number of carboxylic acid groups (broad SMARTS) is 1. The molecular formula is C88H146O9Si2. The van der Waals surface area contributed by atoms with Crippen LogP contribution < -0.4 is 20.7 Å². The normalized spacial score (nSPS) is 11.7. The minimum Gasteiger partial charge on any atom is -0.481 e. The zero-order valence-electron chi connectivity index (χ0n) is 62.7. The summed E-state index contributed by atoms with van der Waals surface area (Å²) in [5, 5.41) is 22.4. The zero-order valence-corrected chi connectivity index (χ0v) is 64.7. The van der Waals surface area contributed by atoms with E-state index in [0.29, 0.717) is 31.0 Å². The van der Waals surface area contributed by atoms with Crippen LogP contribution in [0.5, 0.6) is 0 Å². The van der Waals surface area contributed by atoms with Crippen LogP contribution in [0, 0.1) is 0 Å². The van der Waals surface area contributed by atoms with Gasteiger partial charge >= 0.3 is 11.9 Å². The third-order valence-corrected chi connectivity index (χ3v) is 28.7. The number of Topliss-reactive ketones (excluding diaryl/α,β-unsaturated/α-hetero) is 2. The van der Waals surface area contributed by atoms with E-state index in [1.165, 1.54) is 111 Å². The maximum Gasteiger partial charge on any atom is 0.306 e. The van der Waals surface area contributed by atoms with Gasteiger partial charge in [0.15, 0.2) is 0 Å². The van der Waals surface area contributed by atoms with Crippen LogP contribution in [-0.4, -0.2) is 76.8 Å². The summed E-state index contributed by atoms with van der Waals surface area (Å²) in [5.74, 6) is 0.0311. The van der Waals surface area contributed by atoms with Gasteiger partial charge in [-0.15, -0.1) is 0 Å². The van der Waals surface area contributed by atoms with E-state index in [-0.39, 0.29) is 43.9 Å². The molecule has 4 rings (SSSR count). The Bertz CT molecular complexity index is 2510. The summed E-state index contributed by atoms with van der Waals surface area (Å²) in [6, 6.07) is 43.4.